The predicted molar refractivity (Wildman–Crippen MR) is 133 cm³/mol. The fraction of sp³-hybridized carbons (Fsp3) is 0.250. The summed E-state index contributed by atoms with van der Waals surface area (Å²) in [5.74, 6) is -0.507. The van der Waals surface area contributed by atoms with Gasteiger partial charge in [-0.15, -0.1) is 0 Å². The van der Waals surface area contributed by atoms with Gasteiger partial charge in [0.1, 0.15) is 5.56 Å². The van der Waals surface area contributed by atoms with Gasteiger partial charge < -0.3 is 24.7 Å². The average Bonchev–Trinajstić information content (AvgIpc) is 3.23. The van der Waals surface area contributed by atoms with E-state index in [0.717, 1.165) is 15.8 Å². The van der Waals surface area contributed by atoms with E-state index in [4.69, 9.17) is 4.74 Å². The molecule has 5 rings (SSSR count). The minimum atomic E-state index is -0.759. The first-order chi connectivity index (χ1) is 17.0. The molecule has 0 saturated carbocycles. The van der Waals surface area contributed by atoms with Crippen LogP contribution in [-0.2, 0) is 11.2 Å². The zero-order valence-corrected chi connectivity index (χ0v) is 19.0. The molecule has 1 saturated heterocycles. The zero-order chi connectivity index (χ0) is 24.5. The molecule has 0 aliphatic carbocycles. The number of anilines is 1. The molecule has 4 aromatic rings. The molecule has 180 valence electrons. The second-order valence-electron chi connectivity index (χ2n) is 8.14. The molecule has 1 fully saturated rings. The maximum Gasteiger partial charge on any atom is 0.335 e. The molecule has 0 unspecified atom stereocenters. The standard InChI is InChI=1S/C24H24N6O5/c1-2-14-5-3-4-6-19(14)30-22(32)15(21(31)28-24(30)34)13-25-18-11-16-17(27-23(33)26-16)12-20(18)29-7-9-35-10-8-29/h3-6,11-13,32H,2,7-10H2,1H3,(H2,26,27,33)(H,28,31,34). The first-order valence-electron chi connectivity index (χ1n) is 11.3. The number of morpholine rings is 1. The first kappa shape index (κ1) is 22.4. The Bertz CT molecular complexity index is 1600. The number of nitrogens with one attached hydrogen (secondary N) is 3. The van der Waals surface area contributed by atoms with Crippen LogP contribution in [0.3, 0.4) is 0 Å². The van der Waals surface area contributed by atoms with Crippen molar-refractivity contribution in [3.05, 3.63) is 78.8 Å². The van der Waals surface area contributed by atoms with Crippen molar-refractivity contribution >= 4 is 28.6 Å². The lowest BCUT2D eigenvalue weighted by molar-refractivity contribution is 0.123. The Morgan fingerprint density at radius 1 is 1.03 bits per heavy atom. The second kappa shape index (κ2) is 9.11. The van der Waals surface area contributed by atoms with Crippen LogP contribution in [0.2, 0.25) is 0 Å². The summed E-state index contributed by atoms with van der Waals surface area (Å²) in [5.41, 5.74) is 1.71. The van der Waals surface area contributed by atoms with Gasteiger partial charge in [-0.05, 0) is 30.2 Å². The number of H-pyrrole nitrogens is 3. The number of aliphatic imine (C=N–C) groups is 1. The molecule has 1 aliphatic rings. The number of aryl methyl sites for hydroxylation is 1. The van der Waals surface area contributed by atoms with Crippen LogP contribution in [0.1, 0.15) is 18.1 Å². The highest BCUT2D eigenvalue weighted by Gasteiger charge is 2.19. The van der Waals surface area contributed by atoms with Crippen molar-refractivity contribution in [3.8, 4) is 11.6 Å². The van der Waals surface area contributed by atoms with Gasteiger partial charge in [-0.25, -0.2) is 14.2 Å². The SMILES string of the molecule is CCc1ccccc1-n1c(O)c(C=Nc2cc3[nH]c(=O)[nH]c3cc2N2CCOCC2)c(=O)[nH]c1=O. The van der Waals surface area contributed by atoms with E-state index in [1.165, 1.54) is 6.21 Å². The molecule has 2 aromatic heterocycles. The van der Waals surface area contributed by atoms with Crippen LogP contribution in [0.4, 0.5) is 11.4 Å². The molecule has 3 heterocycles. The van der Waals surface area contributed by atoms with E-state index in [-0.39, 0.29) is 11.3 Å². The van der Waals surface area contributed by atoms with E-state index in [9.17, 15) is 19.5 Å². The number of ether oxygens (including phenoxy) is 1. The highest BCUT2D eigenvalue weighted by atomic mass is 16.5. The molecule has 4 N–H and O–H groups in total. The molecule has 0 amide bonds. The topological polar surface area (TPSA) is 149 Å². The summed E-state index contributed by atoms with van der Waals surface area (Å²) >= 11 is 0. The van der Waals surface area contributed by atoms with Crippen LogP contribution in [0, 0.1) is 0 Å². The Labute approximate surface area is 198 Å². The van der Waals surface area contributed by atoms with Crippen molar-refractivity contribution in [2.45, 2.75) is 13.3 Å². The Kier molecular flexibility index (Phi) is 5.83. The molecule has 0 radical (unpaired) electrons. The van der Waals surface area contributed by atoms with Crippen molar-refractivity contribution in [3.63, 3.8) is 0 Å². The summed E-state index contributed by atoms with van der Waals surface area (Å²) in [6, 6.07) is 10.7. The van der Waals surface area contributed by atoms with Crippen molar-refractivity contribution in [1.82, 2.24) is 19.5 Å². The number of para-hydroxylation sites is 1. The van der Waals surface area contributed by atoms with E-state index < -0.39 is 17.1 Å². The third-order valence-corrected chi connectivity index (χ3v) is 6.03. The summed E-state index contributed by atoms with van der Waals surface area (Å²) in [4.78, 5) is 51.3. The van der Waals surface area contributed by atoms with Gasteiger partial charge in [-0.2, -0.15) is 0 Å². The number of imidazole rings is 1. The number of aromatic hydroxyl groups is 1. The average molecular weight is 476 g/mol. The molecule has 11 nitrogen and oxygen atoms in total. The van der Waals surface area contributed by atoms with E-state index in [2.05, 4.69) is 24.8 Å². The van der Waals surface area contributed by atoms with Gasteiger partial charge in [0.2, 0.25) is 5.88 Å². The van der Waals surface area contributed by atoms with Crippen LogP contribution in [-0.4, -0.2) is 57.1 Å². The van der Waals surface area contributed by atoms with Gasteiger partial charge in [-0.1, -0.05) is 25.1 Å². The third-order valence-electron chi connectivity index (χ3n) is 6.03. The molecule has 1 aliphatic heterocycles. The lowest BCUT2D eigenvalue weighted by Crippen LogP contribution is -2.36. The van der Waals surface area contributed by atoms with Gasteiger partial charge in [0, 0.05) is 19.3 Å². The fourth-order valence-electron chi connectivity index (χ4n) is 4.26. The number of nitrogens with zero attached hydrogens (tertiary/aromatic N) is 3. The summed E-state index contributed by atoms with van der Waals surface area (Å²) in [5, 5.41) is 11.0. The Balaban J connectivity index is 1.64. The van der Waals surface area contributed by atoms with E-state index in [0.29, 0.717) is 55.1 Å². The minimum absolute atomic E-state index is 0.161. The molecule has 0 spiro atoms. The minimum Gasteiger partial charge on any atom is -0.493 e. The van der Waals surface area contributed by atoms with Crippen LogP contribution in [0.5, 0.6) is 5.88 Å². The quantitative estimate of drug-likeness (QED) is 0.321. The third kappa shape index (κ3) is 4.17. The summed E-state index contributed by atoms with van der Waals surface area (Å²) in [7, 11) is 0. The van der Waals surface area contributed by atoms with Gasteiger partial charge >= 0.3 is 11.4 Å². The highest BCUT2D eigenvalue weighted by Crippen LogP contribution is 2.33. The highest BCUT2D eigenvalue weighted by molar-refractivity contribution is 5.91. The lowest BCUT2D eigenvalue weighted by Gasteiger charge is -2.29. The number of fused-ring (bicyclic) bond motifs is 1. The number of rotatable bonds is 5. The molecule has 11 heteroatoms. The maximum atomic E-state index is 12.6. The summed E-state index contributed by atoms with van der Waals surface area (Å²) in [6.45, 7) is 4.30. The Hall–Kier alpha value is -4.38. The van der Waals surface area contributed by atoms with Crippen LogP contribution in [0.15, 0.2) is 55.8 Å². The normalized spacial score (nSPS) is 14.3. The Morgan fingerprint density at radius 3 is 2.49 bits per heavy atom. The van der Waals surface area contributed by atoms with Gasteiger partial charge in [0.05, 0.1) is 41.3 Å². The zero-order valence-electron chi connectivity index (χ0n) is 19.0. The molecular weight excluding hydrogens is 452 g/mol. The van der Waals surface area contributed by atoms with Gasteiger partial charge in [0.25, 0.3) is 5.56 Å². The number of aromatic amines is 3. The van der Waals surface area contributed by atoms with E-state index in [1.54, 1.807) is 18.2 Å². The van der Waals surface area contributed by atoms with Crippen LogP contribution in [0.25, 0.3) is 16.7 Å². The van der Waals surface area contributed by atoms with Crippen molar-refractivity contribution in [2.24, 2.45) is 4.99 Å². The number of aromatic nitrogens is 4. The van der Waals surface area contributed by atoms with E-state index >= 15 is 0 Å². The predicted octanol–water partition coefficient (Wildman–Crippen LogP) is 1.55. The smallest absolute Gasteiger partial charge is 0.335 e. The number of hydrogen-bond donors (Lipinski definition) is 4. The second-order valence-corrected chi connectivity index (χ2v) is 8.14. The fourth-order valence-corrected chi connectivity index (χ4v) is 4.26. The van der Waals surface area contributed by atoms with Crippen molar-refractivity contribution < 1.29 is 9.84 Å². The molecule has 2 aromatic carbocycles. The van der Waals surface area contributed by atoms with Gasteiger partial charge in [-0.3, -0.25) is 14.8 Å². The molecular formula is C24H24N6O5. The monoisotopic (exact) mass is 476 g/mol. The van der Waals surface area contributed by atoms with Gasteiger partial charge in [0.15, 0.2) is 0 Å². The maximum absolute atomic E-state index is 12.6. The van der Waals surface area contributed by atoms with E-state index in [1.807, 2.05) is 25.1 Å². The molecule has 35 heavy (non-hydrogen) atoms. The van der Waals surface area contributed by atoms with Crippen molar-refractivity contribution in [1.29, 1.82) is 0 Å². The number of hydrogen-bond acceptors (Lipinski definition) is 7. The number of benzene rings is 2. The van der Waals surface area contributed by atoms with Crippen molar-refractivity contribution in [2.75, 3.05) is 31.2 Å². The van der Waals surface area contributed by atoms with Crippen LogP contribution >= 0.6 is 0 Å². The lowest BCUT2D eigenvalue weighted by atomic mass is 10.1. The summed E-state index contributed by atoms with van der Waals surface area (Å²) in [6.07, 6.45) is 1.86. The molecule has 0 bridgehead atoms. The Morgan fingerprint density at radius 2 is 1.74 bits per heavy atom. The van der Waals surface area contributed by atoms with Crippen LogP contribution < -0.4 is 21.8 Å². The summed E-state index contributed by atoms with van der Waals surface area (Å²) < 4.78 is 6.51. The molecule has 0 atom stereocenters. The first-order valence-corrected chi connectivity index (χ1v) is 11.3. The largest absolute Gasteiger partial charge is 0.493 e.